The molecule has 22 heavy (non-hydrogen) atoms. The first-order valence-corrected chi connectivity index (χ1v) is 7.55. The van der Waals surface area contributed by atoms with Crippen molar-refractivity contribution in [2.45, 2.75) is 33.2 Å². The number of nitrogens with zero attached hydrogens (tertiary/aromatic N) is 1. The first kappa shape index (κ1) is 14.5. The van der Waals surface area contributed by atoms with Crippen molar-refractivity contribution in [3.05, 3.63) is 64.7 Å². The van der Waals surface area contributed by atoms with Crippen molar-refractivity contribution in [2.24, 2.45) is 0 Å². The zero-order valence-electron chi connectivity index (χ0n) is 12.9. The summed E-state index contributed by atoms with van der Waals surface area (Å²) in [5, 5.41) is 0. The van der Waals surface area contributed by atoms with Crippen LogP contribution >= 0.6 is 0 Å². The third-order valence-electron chi connectivity index (χ3n) is 4.27. The minimum atomic E-state index is 0.0379. The number of para-hydroxylation sites is 1. The molecule has 2 aromatic carbocycles. The quantitative estimate of drug-likeness (QED) is 0.754. The SMILES string of the molecule is CC(=O)c1ccc2c(c1)CCc1ccccc1N(C(C)=O)C2. The second kappa shape index (κ2) is 5.76. The van der Waals surface area contributed by atoms with Crippen molar-refractivity contribution in [1.82, 2.24) is 0 Å². The Bertz CT molecular complexity index is 749. The van der Waals surface area contributed by atoms with Gasteiger partial charge in [0.15, 0.2) is 5.78 Å². The molecule has 0 aromatic heterocycles. The van der Waals surface area contributed by atoms with E-state index in [2.05, 4.69) is 6.07 Å². The molecule has 0 radical (unpaired) electrons. The third kappa shape index (κ3) is 2.67. The van der Waals surface area contributed by atoms with Crippen LogP contribution in [0.3, 0.4) is 0 Å². The zero-order valence-corrected chi connectivity index (χ0v) is 12.9. The van der Waals surface area contributed by atoms with Crippen molar-refractivity contribution >= 4 is 17.4 Å². The van der Waals surface area contributed by atoms with E-state index in [9.17, 15) is 9.59 Å². The molecule has 1 aliphatic heterocycles. The van der Waals surface area contributed by atoms with Crippen LogP contribution in [0.4, 0.5) is 5.69 Å². The van der Waals surface area contributed by atoms with Crippen molar-refractivity contribution in [3.63, 3.8) is 0 Å². The Morgan fingerprint density at radius 1 is 0.909 bits per heavy atom. The predicted molar refractivity (Wildman–Crippen MR) is 87.2 cm³/mol. The summed E-state index contributed by atoms with van der Waals surface area (Å²) in [5.41, 5.74) is 5.19. The van der Waals surface area contributed by atoms with Gasteiger partial charge in [0.2, 0.25) is 5.91 Å². The van der Waals surface area contributed by atoms with E-state index in [1.54, 1.807) is 13.8 Å². The maximum absolute atomic E-state index is 12.1. The largest absolute Gasteiger partial charge is 0.308 e. The van der Waals surface area contributed by atoms with Crippen molar-refractivity contribution in [3.8, 4) is 0 Å². The molecule has 0 fully saturated rings. The Morgan fingerprint density at radius 3 is 2.36 bits per heavy atom. The molecule has 0 atom stereocenters. The lowest BCUT2D eigenvalue weighted by Gasteiger charge is -2.28. The van der Waals surface area contributed by atoms with Gasteiger partial charge in [0.1, 0.15) is 0 Å². The van der Waals surface area contributed by atoms with Crippen LogP contribution in [0.25, 0.3) is 0 Å². The number of benzene rings is 2. The first-order chi connectivity index (χ1) is 10.6. The highest BCUT2D eigenvalue weighted by atomic mass is 16.2. The summed E-state index contributed by atoms with van der Waals surface area (Å²) in [7, 11) is 0. The molecule has 1 aliphatic rings. The number of anilines is 1. The summed E-state index contributed by atoms with van der Waals surface area (Å²) in [6.07, 6.45) is 1.76. The van der Waals surface area contributed by atoms with Crippen molar-refractivity contribution in [1.29, 1.82) is 0 Å². The highest BCUT2D eigenvalue weighted by Crippen LogP contribution is 2.28. The number of Topliss-reactive ketones (excluding diaryl/α,β-unsaturated/α-hetero) is 1. The summed E-state index contributed by atoms with van der Waals surface area (Å²) in [6, 6.07) is 13.9. The van der Waals surface area contributed by atoms with Gasteiger partial charge in [-0.15, -0.1) is 0 Å². The van der Waals surface area contributed by atoms with Crippen LogP contribution in [0.15, 0.2) is 42.5 Å². The van der Waals surface area contributed by atoms with Gasteiger partial charge in [-0.25, -0.2) is 0 Å². The smallest absolute Gasteiger partial charge is 0.224 e. The fourth-order valence-electron chi connectivity index (χ4n) is 3.02. The molecular weight excluding hydrogens is 274 g/mol. The Kier molecular flexibility index (Phi) is 3.80. The number of carbonyl (C=O) groups excluding carboxylic acids is 2. The molecule has 3 rings (SSSR count). The van der Waals surface area contributed by atoms with Gasteiger partial charge in [-0.3, -0.25) is 9.59 Å². The van der Waals surface area contributed by atoms with Crippen LogP contribution < -0.4 is 4.90 Å². The van der Waals surface area contributed by atoms with Gasteiger partial charge in [-0.05, 0) is 48.6 Å². The van der Waals surface area contributed by atoms with Crippen LogP contribution in [0.5, 0.6) is 0 Å². The van der Waals surface area contributed by atoms with E-state index >= 15 is 0 Å². The van der Waals surface area contributed by atoms with E-state index in [-0.39, 0.29) is 11.7 Å². The van der Waals surface area contributed by atoms with Crippen LogP contribution in [0, 0.1) is 0 Å². The van der Waals surface area contributed by atoms with Gasteiger partial charge in [0, 0.05) is 18.2 Å². The molecule has 112 valence electrons. The molecule has 0 saturated heterocycles. The number of ketones is 1. The maximum atomic E-state index is 12.1. The number of aryl methyl sites for hydroxylation is 2. The average Bonchev–Trinajstić information content (AvgIpc) is 2.48. The lowest BCUT2D eigenvalue weighted by Crippen LogP contribution is -2.30. The molecule has 2 aromatic rings. The topological polar surface area (TPSA) is 37.4 Å². The predicted octanol–water partition coefficient (Wildman–Crippen LogP) is 3.54. The number of carbonyl (C=O) groups is 2. The van der Waals surface area contributed by atoms with E-state index in [4.69, 9.17) is 0 Å². The molecule has 1 heterocycles. The highest BCUT2D eigenvalue weighted by Gasteiger charge is 2.20. The van der Waals surface area contributed by atoms with Gasteiger partial charge in [0.25, 0.3) is 0 Å². The fraction of sp³-hybridized carbons (Fsp3) is 0.263. The fourth-order valence-corrected chi connectivity index (χ4v) is 3.02. The van der Waals surface area contributed by atoms with E-state index < -0.39 is 0 Å². The second-order valence-electron chi connectivity index (χ2n) is 5.77. The monoisotopic (exact) mass is 293 g/mol. The highest BCUT2D eigenvalue weighted by molar-refractivity contribution is 5.95. The Hall–Kier alpha value is -2.42. The molecule has 0 unspecified atom stereocenters. The molecule has 0 spiro atoms. The van der Waals surface area contributed by atoms with Gasteiger partial charge in [-0.2, -0.15) is 0 Å². The van der Waals surface area contributed by atoms with E-state index in [1.165, 1.54) is 5.56 Å². The molecule has 0 N–H and O–H groups in total. The lowest BCUT2D eigenvalue weighted by atomic mass is 9.93. The van der Waals surface area contributed by atoms with Gasteiger partial charge >= 0.3 is 0 Å². The molecule has 1 amide bonds. The van der Waals surface area contributed by atoms with Gasteiger partial charge in [-0.1, -0.05) is 30.3 Å². The lowest BCUT2D eigenvalue weighted by molar-refractivity contribution is -0.116. The minimum absolute atomic E-state index is 0.0379. The summed E-state index contributed by atoms with van der Waals surface area (Å²) < 4.78 is 0. The molecule has 0 bridgehead atoms. The van der Waals surface area contributed by atoms with Crippen LogP contribution in [0.2, 0.25) is 0 Å². The third-order valence-corrected chi connectivity index (χ3v) is 4.27. The molecule has 3 heteroatoms. The van der Waals surface area contributed by atoms with Crippen molar-refractivity contribution < 1.29 is 9.59 Å². The van der Waals surface area contributed by atoms with Gasteiger partial charge in [0.05, 0.1) is 6.54 Å². The summed E-state index contributed by atoms with van der Waals surface area (Å²) in [5.74, 6) is 0.115. The van der Waals surface area contributed by atoms with Crippen LogP contribution in [0.1, 0.15) is 40.9 Å². The molecule has 0 aliphatic carbocycles. The van der Waals surface area contributed by atoms with E-state index in [0.717, 1.165) is 35.2 Å². The summed E-state index contributed by atoms with van der Waals surface area (Å²) >= 11 is 0. The second-order valence-corrected chi connectivity index (χ2v) is 5.77. The molecule has 0 saturated carbocycles. The minimum Gasteiger partial charge on any atom is -0.308 e. The Labute approximate surface area is 130 Å². The first-order valence-electron chi connectivity index (χ1n) is 7.55. The van der Waals surface area contributed by atoms with Crippen LogP contribution in [-0.2, 0) is 24.2 Å². The number of hydrogen-bond donors (Lipinski definition) is 0. The number of hydrogen-bond acceptors (Lipinski definition) is 2. The normalized spacial score (nSPS) is 13.6. The van der Waals surface area contributed by atoms with E-state index in [1.807, 2.05) is 41.3 Å². The number of amides is 1. The summed E-state index contributed by atoms with van der Waals surface area (Å²) in [4.78, 5) is 25.5. The standard InChI is InChI=1S/C19H19NO2/c1-13(21)16-8-10-18-12-20(14(2)22)19-6-4-3-5-15(19)7-9-17(18)11-16/h3-6,8,10-11H,7,9,12H2,1-2H3. The van der Waals surface area contributed by atoms with E-state index in [0.29, 0.717) is 6.54 Å². The molecule has 3 nitrogen and oxygen atoms in total. The number of rotatable bonds is 1. The average molecular weight is 293 g/mol. The number of fused-ring (bicyclic) bond motifs is 2. The van der Waals surface area contributed by atoms with Crippen LogP contribution in [-0.4, -0.2) is 11.7 Å². The summed E-state index contributed by atoms with van der Waals surface area (Å²) in [6.45, 7) is 3.74. The Balaban J connectivity index is 2.07. The maximum Gasteiger partial charge on any atom is 0.224 e. The van der Waals surface area contributed by atoms with Gasteiger partial charge < -0.3 is 4.90 Å². The zero-order chi connectivity index (χ0) is 15.7. The Morgan fingerprint density at radius 2 is 1.64 bits per heavy atom. The van der Waals surface area contributed by atoms with Crippen molar-refractivity contribution in [2.75, 3.05) is 4.90 Å². The molecular formula is C19H19NO2.